The summed E-state index contributed by atoms with van der Waals surface area (Å²) >= 11 is 0. The minimum absolute atomic E-state index is 0.0588. The fraction of sp³-hybridized carbons (Fsp3) is 0.643. The van der Waals surface area contributed by atoms with Gasteiger partial charge >= 0.3 is 0 Å². The smallest absolute Gasteiger partial charge is 0.239 e. The van der Waals surface area contributed by atoms with Crippen molar-refractivity contribution >= 4 is 11.7 Å². The highest BCUT2D eigenvalue weighted by Crippen LogP contribution is 2.23. The minimum Gasteiger partial charge on any atom is -0.361 e. The lowest BCUT2D eigenvalue weighted by Crippen LogP contribution is -2.31. The monoisotopic (exact) mass is 260 g/mol. The van der Waals surface area contributed by atoms with E-state index < -0.39 is 0 Å². The van der Waals surface area contributed by atoms with Crippen molar-refractivity contribution in [3.05, 3.63) is 17.6 Å². The van der Waals surface area contributed by atoms with Crippen molar-refractivity contribution in [1.29, 1.82) is 0 Å². The third-order valence-corrected chi connectivity index (χ3v) is 3.73. The summed E-state index contributed by atoms with van der Waals surface area (Å²) in [5.74, 6) is 0.904. The van der Waals surface area contributed by atoms with E-state index in [1.165, 1.54) is 24.8 Å². The molecule has 19 heavy (non-hydrogen) atoms. The summed E-state index contributed by atoms with van der Waals surface area (Å²) in [7, 11) is 0. The summed E-state index contributed by atoms with van der Waals surface area (Å²) in [5, 5.41) is 6.14. The molecule has 0 aliphatic heterocycles. The minimum atomic E-state index is 0.0588. The maximum Gasteiger partial charge on any atom is 0.239 e. The van der Waals surface area contributed by atoms with E-state index in [1.807, 2.05) is 0 Å². The Balaban J connectivity index is 1.64. The van der Waals surface area contributed by atoms with Gasteiger partial charge in [-0.05, 0) is 38.5 Å². The van der Waals surface area contributed by atoms with Gasteiger partial charge in [0.2, 0.25) is 5.91 Å². The summed E-state index contributed by atoms with van der Waals surface area (Å²) in [6.45, 7) is 0.306. The van der Waals surface area contributed by atoms with Crippen LogP contribution in [-0.4, -0.2) is 28.5 Å². The molecule has 0 spiro atoms. The molecular weight excluding hydrogens is 240 g/mol. The van der Waals surface area contributed by atoms with Gasteiger partial charge in [0, 0.05) is 17.3 Å². The van der Waals surface area contributed by atoms with Gasteiger partial charge in [-0.2, -0.15) is 0 Å². The Morgan fingerprint density at radius 2 is 2.05 bits per heavy atom. The Morgan fingerprint density at radius 1 is 1.21 bits per heavy atom. The fourth-order valence-corrected chi connectivity index (χ4v) is 2.52. The van der Waals surface area contributed by atoms with Gasteiger partial charge in [-0.3, -0.25) is 4.79 Å². The number of nitrogens with zero attached hydrogens (tertiary/aromatic N) is 2. The maximum absolute atomic E-state index is 11.7. The quantitative estimate of drug-likeness (QED) is 0.804. The molecule has 2 aliphatic rings. The number of anilines is 1. The second-order valence-electron chi connectivity index (χ2n) is 5.40. The molecule has 0 saturated heterocycles. The van der Waals surface area contributed by atoms with E-state index in [0.717, 1.165) is 37.2 Å². The molecule has 2 aliphatic carbocycles. The number of aromatic nitrogens is 2. The number of aryl methyl sites for hydroxylation is 1. The van der Waals surface area contributed by atoms with Crippen molar-refractivity contribution in [3.63, 3.8) is 0 Å². The number of nitrogens with one attached hydrogen (secondary N) is 2. The molecule has 0 unspecified atom stereocenters. The maximum atomic E-state index is 11.7. The predicted molar refractivity (Wildman–Crippen MR) is 72.9 cm³/mol. The number of carbonyl (C=O) groups excluding carboxylic acids is 1. The summed E-state index contributed by atoms with van der Waals surface area (Å²) in [4.78, 5) is 20.4. The van der Waals surface area contributed by atoms with Gasteiger partial charge in [0.25, 0.3) is 0 Å². The molecule has 1 fully saturated rings. The lowest BCUT2D eigenvalue weighted by atomic mass is 10.1. The largest absolute Gasteiger partial charge is 0.361 e. The van der Waals surface area contributed by atoms with Gasteiger partial charge in [0.1, 0.15) is 12.1 Å². The van der Waals surface area contributed by atoms with E-state index in [0.29, 0.717) is 12.6 Å². The average Bonchev–Trinajstić information content (AvgIpc) is 3.22. The molecular formula is C14H20N4O. The summed E-state index contributed by atoms with van der Waals surface area (Å²) in [6.07, 6.45) is 9.52. The molecule has 1 aromatic rings. The van der Waals surface area contributed by atoms with Crippen molar-refractivity contribution in [2.45, 2.75) is 51.0 Å². The Labute approximate surface area is 113 Å². The van der Waals surface area contributed by atoms with Crippen LogP contribution >= 0.6 is 0 Å². The third kappa shape index (κ3) is 3.22. The van der Waals surface area contributed by atoms with E-state index in [-0.39, 0.29) is 5.91 Å². The predicted octanol–water partition coefficient (Wildman–Crippen LogP) is 1.44. The molecule has 0 aromatic carbocycles. The summed E-state index contributed by atoms with van der Waals surface area (Å²) < 4.78 is 0. The number of fused-ring (bicyclic) bond motifs is 1. The van der Waals surface area contributed by atoms with Crippen LogP contribution < -0.4 is 10.6 Å². The highest BCUT2D eigenvalue weighted by molar-refractivity contribution is 5.81. The number of carbonyl (C=O) groups is 1. The Bertz CT molecular complexity index is 471. The Kier molecular flexibility index (Phi) is 3.62. The van der Waals surface area contributed by atoms with E-state index in [4.69, 9.17) is 0 Å². The van der Waals surface area contributed by atoms with Gasteiger partial charge in [0.05, 0.1) is 6.54 Å². The zero-order valence-corrected chi connectivity index (χ0v) is 11.1. The number of hydrogen-bond acceptors (Lipinski definition) is 4. The highest BCUT2D eigenvalue weighted by atomic mass is 16.2. The van der Waals surface area contributed by atoms with Crippen molar-refractivity contribution in [1.82, 2.24) is 15.3 Å². The van der Waals surface area contributed by atoms with Crippen molar-refractivity contribution in [2.24, 2.45) is 0 Å². The topological polar surface area (TPSA) is 66.9 Å². The molecule has 0 atom stereocenters. The number of amides is 1. The molecule has 1 aromatic heterocycles. The lowest BCUT2D eigenvalue weighted by Gasteiger charge is -2.12. The molecule has 0 radical (unpaired) electrons. The molecule has 1 heterocycles. The Morgan fingerprint density at radius 3 is 2.89 bits per heavy atom. The van der Waals surface area contributed by atoms with Gasteiger partial charge in [-0.1, -0.05) is 6.42 Å². The van der Waals surface area contributed by atoms with Crippen molar-refractivity contribution in [2.75, 3.05) is 11.9 Å². The van der Waals surface area contributed by atoms with Crippen LogP contribution in [0.25, 0.3) is 0 Å². The number of hydrogen-bond donors (Lipinski definition) is 2. The molecule has 102 valence electrons. The van der Waals surface area contributed by atoms with E-state index in [1.54, 1.807) is 6.33 Å². The van der Waals surface area contributed by atoms with Gasteiger partial charge in [-0.25, -0.2) is 9.97 Å². The standard InChI is InChI=1S/C14H20N4O/c19-13(18-10-6-7-10)8-15-14-11-4-2-1-3-5-12(11)16-9-17-14/h9-10H,1-8H2,(H,18,19)(H,15,16,17). The van der Waals surface area contributed by atoms with Crippen molar-refractivity contribution in [3.8, 4) is 0 Å². The molecule has 5 heteroatoms. The molecule has 1 amide bonds. The van der Waals surface area contributed by atoms with E-state index >= 15 is 0 Å². The highest BCUT2D eigenvalue weighted by Gasteiger charge is 2.23. The first-order chi connectivity index (χ1) is 9.33. The first-order valence-corrected chi connectivity index (χ1v) is 7.19. The molecule has 5 nitrogen and oxygen atoms in total. The average molecular weight is 260 g/mol. The molecule has 0 bridgehead atoms. The van der Waals surface area contributed by atoms with E-state index in [9.17, 15) is 4.79 Å². The zero-order chi connectivity index (χ0) is 13.1. The second-order valence-corrected chi connectivity index (χ2v) is 5.40. The van der Waals surface area contributed by atoms with Crippen LogP contribution in [0, 0.1) is 0 Å². The van der Waals surface area contributed by atoms with Crippen LogP contribution in [0.2, 0.25) is 0 Å². The number of rotatable bonds is 4. The van der Waals surface area contributed by atoms with E-state index in [2.05, 4.69) is 20.6 Å². The van der Waals surface area contributed by atoms with Crippen LogP contribution in [0.4, 0.5) is 5.82 Å². The second kappa shape index (κ2) is 5.55. The van der Waals surface area contributed by atoms with Crippen LogP contribution in [0.15, 0.2) is 6.33 Å². The zero-order valence-electron chi connectivity index (χ0n) is 11.1. The van der Waals surface area contributed by atoms with Crippen LogP contribution in [0.1, 0.15) is 43.4 Å². The molecule has 3 rings (SSSR count). The van der Waals surface area contributed by atoms with Crippen LogP contribution in [0.3, 0.4) is 0 Å². The summed E-state index contributed by atoms with van der Waals surface area (Å²) in [5.41, 5.74) is 2.36. The lowest BCUT2D eigenvalue weighted by molar-refractivity contribution is -0.119. The summed E-state index contributed by atoms with van der Waals surface area (Å²) in [6, 6.07) is 0.414. The SMILES string of the molecule is O=C(CNc1ncnc2c1CCCCC2)NC1CC1. The first kappa shape index (κ1) is 12.4. The van der Waals surface area contributed by atoms with Crippen LogP contribution in [-0.2, 0) is 17.6 Å². The molecule has 1 saturated carbocycles. The Hall–Kier alpha value is -1.65. The first-order valence-electron chi connectivity index (χ1n) is 7.19. The van der Waals surface area contributed by atoms with Gasteiger partial charge < -0.3 is 10.6 Å². The third-order valence-electron chi connectivity index (χ3n) is 3.73. The normalized spacial score (nSPS) is 18.3. The van der Waals surface area contributed by atoms with Gasteiger partial charge in [-0.15, -0.1) is 0 Å². The van der Waals surface area contributed by atoms with Crippen molar-refractivity contribution < 1.29 is 4.79 Å². The molecule has 2 N–H and O–H groups in total. The van der Waals surface area contributed by atoms with Gasteiger partial charge in [0.15, 0.2) is 0 Å². The van der Waals surface area contributed by atoms with Crippen LogP contribution in [0.5, 0.6) is 0 Å². The fourth-order valence-electron chi connectivity index (χ4n) is 2.52.